The van der Waals surface area contributed by atoms with Crippen molar-refractivity contribution < 1.29 is 4.79 Å². The van der Waals surface area contributed by atoms with E-state index in [0.717, 1.165) is 33.4 Å². The molecular weight excluding hydrogens is 312 g/mol. The molecule has 0 aliphatic heterocycles. The second-order valence-corrected chi connectivity index (χ2v) is 6.09. The van der Waals surface area contributed by atoms with Crippen LogP contribution in [-0.4, -0.2) is 23.2 Å². The second-order valence-electron chi connectivity index (χ2n) is 6.09. The van der Waals surface area contributed by atoms with Gasteiger partial charge in [0.2, 0.25) is 0 Å². The maximum atomic E-state index is 12.0. The van der Waals surface area contributed by atoms with Gasteiger partial charge in [0, 0.05) is 34.9 Å². The highest BCUT2D eigenvalue weighted by molar-refractivity contribution is 6.01. The number of carbonyl (C=O) groups is 1. The summed E-state index contributed by atoms with van der Waals surface area (Å²) in [4.78, 5) is 12.0. The van der Waals surface area contributed by atoms with Crippen LogP contribution in [0.2, 0.25) is 0 Å². The van der Waals surface area contributed by atoms with E-state index >= 15 is 0 Å². The van der Waals surface area contributed by atoms with Gasteiger partial charge in [-0.2, -0.15) is 5.10 Å². The Morgan fingerprint density at radius 3 is 2.76 bits per heavy atom. The van der Waals surface area contributed by atoms with Crippen LogP contribution in [0.3, 0.4) is 0 Å². The van der Waals surface area contributed by atoms with Gasteiger partial charge in [-0.15, -0.1) is 0 Å². The number of hydrazone groups is 1. The largest absolute Gasteiger partial charge is 0.376 e. The molecule has 5 heteroatoms. The van der Waals surface area contributed by atoms with Crippen LogP contribution < -0.4 is 10.7 Å². The summed E-state index contributed by atoms with van der Waals surface area (Å²) in [5, 5.41) is 8.33. The molecule has 3 aromatic rings. The number of hydrogen-bond acceptors (Lipinski definition) is 3. The van der Waals surface area contributed by atoms with E-state index in [1.165, 1.54) is 0 Å². The highest BCUT2D eigenvalue weighted by atomic mass is 16.2. The zero-order valence-electron chi connectivity index (χ0n) is 14.7. The van der Waals surface area contributed by atoms with E-state index in [2.05, 4.69) is 32.5 Å². The number of nitrogens with zero attached hydrogens (tertiary/aromatic N) is 2. The first-order chi connectivity index (χ1) is 12.1. The summed E-state index contributed by atoms with van der Waals surface area (Å²) < 4.78 is 2.12. The van der Waals surface area contributed by atoms with Gasteiger partial charge in [0.15, 0.2) is 0 Å². The van der Waals surface area contributed by atoms with Gasteiger partial charge in [-0.1, -0.05) is 30.3 Å². The lowest BCUT2D eigenvalue weighted by Gasteiger charge is -2.05. The molecule has 1 amide bonds. The number of carbonyl (C=O) groups excluding carboxylic acids is 1. The van der Waals surface area contributed by atoms with Crippen molar-refractivity contribution in [1.82, 2.24) is 9.99 Å². The van der Waals surface area contributed by atoms with Crippen molar-refractivity contribution in [2.45, 2.75) is 13.8 Å². The summed E-state index contributed by atoms with van der Waals surface area (Å²) in [6.45, 7) is 4.24. The van der Waals surface area contributed by atoms with Gasteiger partial charge in [-0.3, -0.25) is 4.79 Å². The summed E-state index contributed by atoms with van der Waals surface area (Å²) in [6.07, 6.45) is 1.71. The molecule has 128 valence electrons. The zero-order chi connectivity index (χ0) is 17.8. The number of aryl methyl sites for hydroxylation is 2. The maximum Gasteiger partial charge on any atom is 0.259 e. The molecule has 0 atom stereocenters. The quantitative estimate of drug-likeness (QED) is 0.555. The number of benzene rings is 2. The van der Waals surface area contributed by atoms with E-state index in [9.17, 15) is 4.79 Å². The maximum absolute atomic E-state index is 12.0. The van der Waals surface area contributed by atoms with Crippen LogP contribution in [0.5, 0.6) is 0 Å². The van der Waals surface area contributed by atoms with Gasteiger partial charge in [-0.25, -0.2) is 5.43 Å². The van der Waals surface area contributed by atoms with Gasteiger partial charge in [-0.05, 0) is 37.6 Å². The standard InChI is InChI=1S/C20H22N4O/c1-14-7-6-8-16(11-14)21-13-20(25)23-22-12-18-15(2)24(3)19-10-5-4-9-17(18)19/h4-12,21H,13H2,1-3H3,(H,23,25)/b22-12+. The third kappa shape index (κ3) is 3.71. The van der Waals surface area contributed by atoms with Crippen molar-refractivity contribution in [1.29, 1.82) is 0 Å². The Labute approximate surface area is 147 Å². The fraction of sp³-hybridized carbons (Fsp3) is 0.200. The minimum Gasteiger partial charge on any atom is -0.376 e. The minimum absolute atomic E-state index is 0.176. The topological polar surface area (TPSA) is 58.4 Å². The van der Waals surface area contributed by atoms with Crippen LogP contribution in [0.4, 0.5) is 5.69 Å². The van der Waals surface area contributed by atoms with E-state index < -0.39 is 0 Å². The van der Waals surface area contributed by atoms with Gasteiger partial charge in [0.05, 0.1) is 12.8 Å². The van der Waals surface area contributed by atoms with Crippen LogP contribution in [-0.2, 0) is 11.8 Å². The molecule has 0 unspecified atom stereocenters. The number of aromatic nitrogens is 1. The number of anilines is 1. The average Bonchev–Trinajstić information content (AvgIpc) is 2.85. The molecule has 2 aromatic carbocycles. The van der Waals surface area contributed by atoms with Crippen molar-refractivity contribution in [3.8, 4) is 0 Å². The number of rotatable bonds is 5. The fourth-order valence-electron chi connectivity index (χ4n) is 2.86. The van der Waals surface area contributed by atoms with E-state index in [0.29, 0.717) is 0 Å². The van der Waals surface area contributed by atoms with E-state index in [4.69, 9.17) is 0 Å². The molecule has 1 aromatic heterocycles. The third-order valence-electron chi connectivity index (χ3n) is 4.30. The molecule has 1 heterocycles. The molecule has 0 fully saturated rings. The van der Waals surface area contributed by atoms with E-state index in [-0.39, 0.29) is 12.5 Å². The molecule has 0 saturated carbocycles. The Hall–Kier alpha value is -3.08. The summed E-state index contributed by atoms with van der Waals surface area (Å²) in [7, 11) is 2.03. The number of fused-ring (bicyclic) bond motifs is 1. The van der Waals surface area contributed by atoms with E-state index in [1.807, 2.05) is 57.3 Å². The van der Waals surface area contributed by atoms with Gasteiger partial charge in [0.1, 0.15) is 0 Å². The predicted octanol–water partition coefficient (Wildman–Crippen LogP) is 3.36. The summed E-state index contributed by atoms with van der Waals surface area (Å²) in [5.41, 5.74) is 7.92. The van der Waals surface area contributed by atoms with Crippen molar-refractivity contribution in [3.63, 3.8) is 0 Å². The molecule has 0 aliphatic carbocycles. The fourth-order valence-corrected chi connectivity index (χ4v) is 2.86. The molecule has 5 nitrogen and oxygen atoms in total. The number of nitrogens with one attached hydrogen (secondary N) is 2. The molecule has 2 N–H and O–H groups in total. The molecular formula is C20H22N4O. The normalized spacial score (nSPS) is 11.2. The number of para-hydroxylation sites is 1. The van der Waals surface area contributed by atoms with Crippen molar-refractivity contribution in [2.75, 3.05) is 11.9 Å². The van der Waals surface area contributed by atoms with Crippen LogP contribution in [0.25, 0.3) is 10.9 Å². The lowest BCUT2D eigenvalue weighted by molar-refractivity contribution is -0.119. The zero-order valence-corrected chi connectivity index (χ0v) is 14.7. The van der Waals surface area contributed by atoms with Crippen LogP contribution >= 0.6 is 0 Å². The number of amides is 1. The molecule has 0 bridgehead atoms. The first-order valence-corrected chi connectivity index (χ1v) is 8.22. The Kier molecular flexibility index (Phi) is 4.84. The predicted molar refractivity (Wildman–Crippen MR) is 103 cm³/mol. The highest BCUT2D eigenvalue weighted by Crippen LogP contribution is 2.22. The SMILES string of the molecule is Cc1cccc(NCC(=O)N/N=C/c2c(C)n(C)c3ccccc23)c1. The van der Waals surface area contributed by atoms with E-state index in [1.54, 1.807) is 6.21 Å². The lowest BCUT2D eigenvalue weighted by Crippen LogP contribution is -2.25. The van der Waals surface area contributed by atoms with Crippen LogP contribution in [0.1, 0.15) is 16.8 Å². The first kappa shape index (κ1) is 16.8. The summed E-state index contributed by atoms with van der Waals surface area (Å²) in [5.74, 6) is -0.185. The number of hydrogen-bond donors (Lipinski definition) is 2. The molecule has 0 saturated heterocycles. The molecule has 0 spiro atoms. The van der Waals surface area contributed by atoms with Crippen molar-refractivity contribution >= 4 is 28.7 Å². The van der Waals surface area contributed by atoms with Crippen LogP contribution in [0, 0.1) is 13.8 Å². The average molecular weight is 334 g/mol. The Morgan fingerprint density at radius 2 is 1.96 bits per heavy atom. The lowest BCUT2D eigenvalue weighted by atomic mass is 10.1. The summed E-state index contributed by atoms with van der Waals surface area (Å²) in [6, 6.07) is 16.1. The van der Waals surface area contributed by atoms with Gasteiger partial charge in [0.25, 0.3) is 5.91 Å². The first-order valence-electron chi connectivity index (χ1n) is 8.22. The Morgan fingerprint density at radius 1 is 1.16 bits per heavy atom. The molecule has 0 radical (unpaired) electrons. The van der Waals surface area contributed by atoms with Gasteiger partial charge < -0.3 is 9.88 Å². The highest BCUT2D eigenvalue weighted by Gasteiger charge is 2.09. The molecule has 0 aliphatic rings. The molecule has 3 rings (SSSR count). The third-order valence-corrected chi connectivity index (χ3v) is 4.30. The minimum atomic E-state index is -0.185. The smallest absolute Gasteiger partial charge is 0.259 e. The Bertz CT molecular complexity index is 940. The summed E-state index contributed by atoms with van der Waals surface area (Å²) >= 11 is 0. The Balaban J connectivity index is 1.63. The van der Waals surface area contributed by atoms with Crippen LogP contribution in [0.15, 0.2) is 53.6 Å². The molecule has 25 heavy (non-hydrogen) atoms. The van der Waals surface area contributed by atoms with Gasteiger partial charge >= 0.3 is 0 Å². The second kappa shape index (κ2) is 7.21. The van der Waals surface area contributed by atoms with Crippen molar-refractivity contribution in [2.24, 2.45) is 12.1 Å². The monoisotopic (exact) mass is 334 g/mol. The van der Waals surface area contributed by atoms with Crippen molar-refractivity contribution in [3.05, 3.63) is 65.4 Å².